The van der Waals surface area contributed by atoms with E-state index < -0.39 is 6.04 Å². The van der Waals surface area contributed by atoms with Crippen molar-refractivity contribution >= 4 is 28.9 Å². The summed E-state index contributed by atoms with van der Waals surface area (Å²) in [5.74, 6) is 0.241. The molecular weight excluding hydrogens is 400 g/mol. The Morgan fingerprint density at radius 1 is 0.967 bits per heavy atom. The van der Waals surface area contributed by atoms with E-state index in [9.17, 15) is 15.0 Å². The monoisotopic (exact) mass is 420 g/mol. The molecule has 1 heterocycles. The lowest BCUT2D eigenvalue weighted by Gasteiger charge is -2.24. The average molecular weight is 421 g/mol. The van der Waals surface area contributed by atoms with E-state index in [1.165, 1.54) is 0 Å². The van der Waals surface area contributed by atoms with Gasteiger partial charge in [-0.1, -0.05) is 23.7 Å². The summed E-state index contributed by atoms with van der Waals surface area (Å²) in [6, 6.07) is 18.4. The first-order valence-corrected chi connectivity index (χ1v) is 10.1. The van der Waals surface area contributed by atoms with E-state index in [1.54, 1.807) is 59.5 Å². The van der Waals surface area contributed by atoms with Crippen LogP contribution in [0, 0.1) is 0 Å². The Morgan fingerprint density at radius 3 is 2.23 bits per heavy atom. The Hall–Kier alpha value is -3.31. The third kappa shape index (κ3) is 3.89. The van der Waals surface area contributed by atoms with Gasteiger partial charge in [0.2, 0.25) is 0 Å². The Morgan fingerprint density at radius 2 is 1.60 bits per heavy atom. The lowest BCUT2D eigenvalue weighted by atomic mass is 10.00. The molecule has 6 heteroatoms. The minimum absolute atomic E-state index is 0.0945. The molecule has 3 aromatic carbocycles. The van der Waals surface area contributed by atoms with Crippen LogP contribution < -0.4 is 4.90 Å². The Labute approximate surface area is 179 Å². The second-order valence-electron chi connectivity index (χ2n) is 7.15. The standard InChI is InChI=1S/C24H21ClN2O3/c1-2-27-22-12-7-17(25)14-20(22)23(16-5-10-19(29)11-6-16)26-21(24(27)30)13-15-3-8-18(28)9-4-15/h3-12,14,21,28-29H,2,13H2,1H3. The van der Waals surface area contributed by atoms with Crippen LogP contribution >= 0.6 is 11.6 Å². The summed E-state index contributed by atoms with van der Waals surface area (Å²) in [5, 5.41) is 19.8. The Kier molecular flexibility index (Phi) is 5.46. The molecule has 0 aliphatic carbocycles. The normalized spacial score (nSPS) is 16.1. The molecule has 30 heavy (non-hydrogen) atoms. The molecule has 0 saturated heterocycles. The highest BCUT2D eigenvalue weighted by Gasteiger charge is 2.31. The van der Waals surface area contributed by atoms with Crippen LogP contribution in [0.1, 0.15) is 23.6 Å². The van der Waals surface area contributed by atoms with Crippen molar-refractivity contribution in [2.75, 3.05) is 11.4 Å². The molecule has 5 nitrogen and oxygen atoms in total. The minimum Gasteiger partial charge on any atom is -0.508 e. The van der Waals surface area contributed by atoms with Gasteiger partial charge in [0.05, 0.1) is 11.4 Å². The number of carbonyl (C=O) groups is 1. The maximum Gasteiger partial charge on any atom is 0.252 e. The van der Waals surface area contributed by atoms with Gasteiger partial charge in [-0.25, -0.2) is 0 Å². The summed E-state index contributed by atoms with van der Waals surface area (Å²) in [7, 11) is 0. The number of likely N-dealkylation sites (N-methyl/N-ethyl adjacent to an activating group) is 1. The maximum atomic E-state index is 13.4. The molecule has 2 N–H and O–H groups in total. The third-order valence-corrected chi connectivity index (χ3v) is 5.40. The van der Waals surface area contributed by atoms with Gasteiger partial charge >= 0.3 is 0 Å². The molecule has 1 aliphatic rings. The number of fused-ring (bicyclic) bond motifs is 1. The van der Waals surface area contributed by atoms with Crippen molar-refractivity contribution < 1.29 is 15.0 Å². The zero-order chi connectivity index (χ0) is 21.3. The molecule has 0 radical (unpaired) electrons. The lowest BCUT2D eigenvalue weighted by Crippen LogP contribution is -2.38. The maximum absolute atomic E-state index is 13.4. The molecule has 4 rings (SSSR count). The third-order valence-electron chi connectivity index (χ3n) is 5.16. The van der Waals surface area contributed by atoms with Crippen LogP contribution in [0.3, 0.4) is 0 Å². The predicted octanol–water partition coefficient (Wildman–Crippen LogP) is 4.57. The smallest absolute Gasteiger partial charge is 0.252 e. The number of nitrogens with zero attached hydrogens (tertiary/aromatic N) is 2. The SMILES string of the molecule is CCN1C(=O)C(Cc2ccc(O)cc2)N=C(c2ccc(O)cc2)c2cc(Cl)ccc21. The molecule has 1 atom stereocenters. The molecule has 152 valence electrons. The number of aliphatic imine (C=N–C) groups is 1. The number of phenols is 2. The summed E-state index contributed by atoms with van der Waals surface area (Å²) in [6.45, 7) is 2.43. The van der Waals surface area contributed by atoms with Crippen molar-refractivity contribution in [3.63, 3.8) is 0 Å². The van der Waals surface area contributed by atoms with Crippen molar-refractivity contribution in [1.82, 2.24) is 0 Å². The second kappa shape index (κ2) is 8.20. The quantitative estimate of drug-likeness (QED) is 0.649. The number of hydrogen-bond donors (Lipinski definition) is 2. The summed E-state index contributed by atoms with van der Waals surface area (Å²) in [4.78, 5) is 20.0. The molecule has 1 aliphatic heterocycles. The number of carbonyl (C=O) groups excluding carboxylic acids is 1. The van der Waals surface area contributed by atoms with Crippen LogP contribution in [0.2, 0.25) is 5.02 Å². The first-order valence-electron chi connectivity index (χ1n) is 9.72. The van der Waals surface area contributed by atoms with Crippen molar-refractivity contribution in [2.24, 2.45) is 4.99 Å². The number of halogens is 1. The molecule has 3 aromatic rings. The van der Waals surface area contributed by atoms with E-state index in [0.29, 0.717) is 23.7 Å². The van der Waals surface area contributed by atoms with Gasteiger partial charge in [0.25, 0.3) is 5.91 Å². The van der Waals surface area contributed by atoms with Gasteiger partial charge in [0.1, 0.15) is 17.5 Å². The zero-order valence-electron chi connectivity index (χ0n) is 16.4. The molecule has 0 aromatic heterocycles. The van der Waals surface area contributed by atoms with Gasteiger partial charge in [0.15, 0.2) is 0 Å². The van der Waals surface area contributed by atoms with Crippen molar-refractivity contribution in [2.45, 2.75) is 19.4 Å². The first-order chi connectivity index (χ1) is 14.5. The number of aromatic hydroxyl groups is 2. The van der Waals surface area contributed by atoms with E-state index in [0.717, 1.165) is 22.4 Å². The number of benzene rings is 3. The number of phenolic OH excluding ortho intramolecular Hbond substituents is 2. The van der Waals surface area contributed by atoms with Crippen LogP contribution in [0.5, 0.6) is 11.5 Å². The molecule has 0 saturated carbocycles. The van der Waals surface area contributed by atoms with Gasteiger partial charge in [-0.3, -0.25) is 9.79 Å². The van der Waals surface area contributed by atoms with Crippen LogP contribution in [0.4, 0.5) is 5.69 Å². The topological polar surface area (TPSA) is 73.1 Å². The Balaban J connectivity index is 1.87. The fourth-order valence-electron chi connectivity index (χ4n) is 3.68. The Bertz CT molecular complexity index is 1110. The number of rotatable bonds is 4. The van der Waals surface area contributed by atoms with Crippen LogP contribution in [0.25, 0.3) is 0 Å². The number of amides is 1. The van der Waals surface area contributed by atoms with E-state index in [-0.39, 0.29) is 17.4 Å². The highest BCUT2D eigenvalue weighted by Crippen LogP contribution is 2.32. The van der Waals surface area contributed by atoms with Gasteiger partial charge in [-0.2, -0.15) is 0 Å². The predicted molar refractivity (Wildman–Crippen MR) is 119 cm³/mol. The number of benzodiazepines with no additional fused rings is 1. The summed E-state index contributed by atoms with van der Waals surface area (Å²) in [6.07, 6.45) is 0.402. The molecule has 1 amide bonds. The minimum atomic E-state index is -0.635. The largest absolute Gasteiger partial charge is 0.508 e. The van der Waals surface area contributed by atoms with Gasteiger partial charge in [-0.05, 0) is 67.1 Å². The fourth-order valence-corrected chi connectivity index (χ4v) is 3.85. The van der Waals surface area contributed by atoms with Gasteiger partial charge in [0, 0.05) is 29.1 Å². The van der Waals surface area contributed by atoms with Crippen molar-refractivity contribution in [3.8, 4) is 11.5 Å². The summed E-state index contributed by atoms with van der Waals surface area (Å²) < 4.78 is 0. The second-order valence-corrected chi connectivity index (χ2v) is 7.59. The van der Waals surface area contributed by atoms with Gasteiger partial charge in [-0.15, -0.1) is 0 Å². The van der Waals surface area contributed by atoms with E-state index >= 15 is 0 Å². The molecule has 1 unspecified atom stereocenters. The highest BCUT2D eigenvalue weighted by atomic mass is 35.5. The van der Waals surface area contributed by atoms with E-state index in [1.807, 2.05) is 19.1 Å². The van der Waals surface area contributed by atoms with Crippen molar-refractivity contribution in [3.05, 3.63) is 88.4 Å². The summed E-state index contributed by atoms with van der Waals surface area (Å²) in [5.41, 5.74) is 3.88. The lowest BCUT2D eigenvalue weighted by molar-refractivity contribution is -0.119. The number of hydrogen-bond acceptors (Lipinski definition) is 4. The first kappa shape index (κ1) is 20.0. The van der Waals surface area contributed by atoms with Gasteiger partial charge < -0.3 is 15.1 Å². The average Bonchev–Trinajstić information content (AvgIpc) is 2.85. The zero-order valence-corrected chi connectivity index (χ0v) is 17.2. The molecule has 0 spiro atoms. The fraction of sp³-hybridized carbons (Fsp3) is 0.167. The van der Waals surface area contributed by atoms with Crippen LogP contribution in [-0.4, -0.2) is 34.4 Å². The highest BCUT2D eigenvalue weighted by molar-refractivity contribution is 6.32. The molecular formula is C24H21ClN2O3. The number of anilines is 1. The van der Waals surface area contributed by atoms with Crippen LogP contribution in [0.15, 0.2) is 71.7 Å². The van der Waals surface area contributed by atoms with E-state index in [4.69, 9.17) is 16.6 Å². The summed E-state index contributed by atoms with van der Waals surface area (Å²) >= 11 is 6.29. The molecule has 0 fully saturated rings. The molecule has 0 bridgehead atoms. The van der Waals surface area contributed by atoms with Crippen molar-refractivity contribution in [1.29, 1.82) is 0 Å². The van der Waals surface area contributed by atoms with Crippen LogP contribution in [-0.2, 0) is 11.2 Å². The van der Waals surface area contributed by atoms with E-state index in [2.05, 4.69) is 0 Å².